The van der Waals surface area contributed by atoms with Gasteiger partial charge in [-0.05, 0) is 64.0 Å². The molecule has 0 heterocycles. The summed E-state index contributed by atoms with van der Waals surface area (Å²) in [5.41, 5.74) is 1.98. The summed E-state index contributed by atoms with van der Waals surface area (Å²) in [4.78, 5) is 12.5. The van der Waals surface area contributed by atoms with E-state index in [0.29, 0.717) is 32.6 Å². The second kappa shape index (κ2) is 8.84. The second-order valence-corrected chi connectivity index (χ2v) is 6.61. The first-order chi connectivity index (χ1) is 13.5. The van der Waals surface area contributed by atoms with E-state index in [1.165, 1.54) is 19.2 Å². The zero-order valence-corrected chi connectivity index (χ0v) is 16.4. The minimum Gasteiger partial charge on any atom is -0.497 e. The summed E-state index contributed by atoms with van der Waals surface area (Å²) in [6.07, 6.45) is 0. The van der Waals surface area contributed by atoms with Crippen LogP contribution in [0.25, 0.3) is 11.1 Å². The highest BCUT2D eigenvalue weighted by molar-refractivity contribution is 9.10. The molecular weight excluding hydrogens is 432 g/mol. The number of hydrogen-bond acceptors (Lipinski definition) is 3. The summed E-state index contributed by atoms with van der Waals surface area (Å²) < 4.78 is 36.0. The molecule has 0 saturated carbocycles. The maximum atomic E-state index is 12.8. The molecule has 0 aliphatic rings. The number of nitrogens with one attached hydrogen (secondary N) is 1. The smallest absolute Gasteiger partial charge is 0.387 e. The predicted molar refractivity (Wildman–Crippen MR) is 107 cm³/mol. The summed E-state index contributed by atoms with van der Waals surface area (Å²) in [6, 6.07) is 18.4. The van der Waals surface area contributed by atoms with Crippen molar-refractivity contribution in [3.63, 3.8) is 0 Å². The number of ether oxygens (including phenoxy) is 2. The van der Waals surface area contributed by atoms with Crippen LogP contribution in [0, 0.1) is 0 Å². The van der Waals surface area contributed by atoms with Gasteiger partial charge in [0, 0.05) is 15.7 Å². The summed E-state index contributed by atoms with van der Waals surface area (Å²) >= 11 is 3.34. The third-order valence-electron chi connectivity index (χ3n) is 3.97. The number of carbonyl (C=O) groups is 1. The molecule has 0 aliphatic carbocycles. The first-order valence-electron chi connectivity index (χ1n) is 8.27. The Kier molecular flexibility index (Phi) is 6.26. The minimum absolute atomic E-state index is 0.0130. The largest absolute Gasteiger partial charge is 0.497 e. The number of amides is 1. The normalized spacial score (nSPS) is 10.6. The number of benzene rings is 3. The maximum Gasteiger partial charge on any atom is 0.387 e. The van der Waals surface area contributed by atoms with Gasteiger partial charge in [-0.1, -0.05) is 24.3 Å². The summed E-state index contributed by atoms with van der Waals surface area (Å²) in [6.45, 7) is -2.96. The van der Waals surface area contributed by atoms with Crippen LogP contribution in [-0.4, -0.2) is 19.6 Å². The van der Waals surface area contributed by atoms with Crippen molar-refractivity contribution in [2.24, 2.45) is 0 Å². The first kappa shape index (κ1) is 19.8. The Labute approximate surface area is 169 Å². The van der Waals surface area contributed by atoms with E-state index in [1.54, 1.807) is 54.6 Å². The Hall–Kier alpha value is -2.93. The van der Waals surface area contributed by atoms with Crippen LogP contribution in [-0.2, 0) is 0 Å². The molecular formula is C21H16BrF2NO3. The summed E-state index contributed by atoms with van der Waals surface area (Å²) in [5.74, 6) is 0.327. The molecule has 4 nitrogen and oxygen atoms in total. The van der Waals surface area contributed by atoms with Crippen molar-refractivity contribution in [2.45, 2.75) is 6.61 Å². The molecule has 28 heavy (non-hydrogen) atoms. The van der Waals surface area contributed by atoms with Crippen LogP contribution in [0.3, 0.4) is 0 Å². The number of rotatable bonds is 6. The van der Waals surface area contributed by atoms with Crippen molar-refractivity contribution in [3.05, 3.63) is 76.8 Å². The van der Waals surface area contributed by atoms with Crippen molar-refractivity contribution >= 4 is 27.5 Å². The number of methoxy groups -OCH3 is 1. The maximum absolute atomic E-state index is 12.8. The van der Waals surface area contributed by atoms with E-state index in [4.69, 9.17) is 4.74 Å². The van der Waals surface area contributed by atoms with Gasteiger partial charge in [-0.3, -0.25) is 4.79 Å². The van der Waals surface area contributed by atoms with Crippen LogP contribution in [0.15, 0.2) is 71.2 Å². The zero-order valence-electron chi connectivity index (χ0n) is 14.8. The average Bonchev–Trinajstić information content (AvgIpc) is 2.69. The number of alkyl halides is 2. The minimum atomic E-state index is -2.96. The lowest BCUT2D eigenvalue weighted by Crippen LogP contribution is -2.12. The van der Waals surface area contributed by atoms with E-state index in [2.05, 4.69) is 26.0 Å². The molecule has 0 fully saturated rings. The number of carbonyl (C=O) groups excluding carboxylic acids is 1. The van der Waals surface area contributed by atoms with Crippen LogP contribution < -0.4 is 14.8 Å². The lowest BCUT2D eigenvalue weighted by Gasteiger charge is -2.14. The standard InChI is InChI=1S/C21H16BrF2NO3/c1-27-15-9-6-13(7-10-15)17-12-14(8-11-19(17)28-21(23)24)25-20(26)16-4-2-3-5-18(16)22/h2-12,21H,1H3,(H,25,26). The molecule has 0 spiro atoms. The molecule has 0 radical (unpaired) electrons. The third kappa shape index (κ3) is 4.67. The van der Waals surface area contributed by atoms with E-state index in [0.717, 1.165) is 0 Å². The lowest BCUT2D eigenvalue weighted by molar-refractivity contribution is -0.0494. The molecule has 0 bridgehead atoms. The van der Waals surface area contributed by atoms with Gasteiger partial charge in [-0.15, -0.1) is 0 Å². The molecule has 3 aromatic rings. The summed E-state index contributed by atoms with van der Waals surface area (Å²) in [7, 11) is 1.54. The van der Waals surface area contributed by atoms with Crippen LogP contribution in [0.2, 0.25) is 0 Å². The molecule has 0 saturated heterocycles. The Morgan fingerprint density at radius 2 is 1.75 bits per heavy atom. The molecule has 1 amide bonds. The van der Waals surface area contributed by atoms with E-state index >= 15 is 0 Å². The number of hydrogen-bond donors (Lipinski definition) is 1. The van der Waals surface area contributed by atoms with Gasteiger partial charge in [0.1, 0.15) is 11.5 Å². The molecule has 0 aliphatic heterocycles. The topological polar surface area (TPSA) is 47.6 Å². The fraction of sp³-hybridized carbons (Fsp3) is 0.0952. The fourth-order valence-corrected chi connectivity index (χ4v) is 3.11. The highest BCUT2D eigenvalue weighted by Gasteiger charge is 2.15. The zero-order chi connectivity index (χ0) is 20.1. The molecule has 144 valence electrons. The van der Waals surface area contributed by atoms with Gasteiger partial charge in [0.2, 0.25) is 0 Å². The Bertz CT molecular complexity index is 978. The van der Waals surface area contributed by atoms with Crippen molar-refractivity contribution in [1.29, 1.82) is 0 Å². The van der Waals surface area contributed by atoms with E-state index < -0.39 is 6.61 Å². The van der Waals surface area contributed by atoms with E-state index in [-0.39, 0.29) is 11.7 Å². The van der Waals surface area contributed by atoms with Gasteiger partial charge in [-0.2, -0.15) is 8.78 Å². The molecule has 1 N–H and O–H groups in total. The van der Waals surface area contributed by atoms with Gasteiger partial charge in [0.15, 0.2) is 0 Å². The molecule has 7 heteroatoms. The molecule has 0 atom stereocenters. The van der Waals surface area contributed by atoms with E-state index in [9.17, 15) is 13.6 Å². The van der Waals surface area contributed by atoms with Gasteiger partial charge < -0.3 is 14.8 Å². The molecule has 3 rings (SSSR count). The van der Waals surface area contributed by atoms with Gasteiger partial charge >= 0.3 is 6.61 Å². The second-order valence-electron chi connectivity index (χ2n) is 5.75. The van der Waals surface area contributed by atoms with Crippen molar-refractivity contribution in [2.75, 3.05) is 12.4 Å². The van der Waals surface area contributed by atoms with Crippen molar-refractivity contribution < 1.29 is 23.0 Å². The molecule has 0 aromatic heterocycles. The van der Waals surface area contributed by atoms with Crippen molar-refractivity contribution in [3.8, 4) is 22.6 Å². The molecule has 3 aromatic carbocycles. The SMILES string of the molecule is COc1ccc(-c2cc(NC(=O)c3ccccc3Br)ccc2OC(F)F)cc1. The van der Waals surface area contributed by atoms with Crippen LogP contribution in [0.4, 0.5) is 14.5 Å². The quantitative estimate of drug-likeness (QED) is 0.505. The fourth-order valence-electron chi connectivity index (χ4n) is 2.65. The monoisotopic (exact) mass is 447 g/mol. The lowest BCUT2D eigenvalue weighted by atomic mass is 10.0. The summed E-state index contributed by atoms with van der Waals surface area (Å²) in [5, 5.41) is 2.78. The highest BCUT2D eigenvalue weighted by atomic mass is 79.9. The number of halogens is 3. The third-order valence-corrected chi connectivity index (χ3v) is 4.66. The van der Waals surface area contributed by atoms with Gasteiger partial charge in [-0.25, -0.2) is 0 Å². The van der Waals surface area contributed by atoms with Crippen LogP contribution in [0.1, 0.15) is 10.4 Å². The Morgan fingerprint density at radius 3 is 2.39 bits per heavy atom. The molecule has 0 unspecified atom stereocenters. The predicted octanol–water partition coefficient (Wildman–Crippen LogP) is 5.98. The van der Waals surface area contributed by atoms with Crippen LogP contribution >= 0.6 is 15.9 Å². The first-order valence-corrected chi connectivity index (χ1v) is 9.06. The van der Waals surface area contributed by atoms with Gasteiger partial charge in [0.05, 0.1) is 12.7 Å². The number of anilines is 1. The van der Waals surface area contributed by atoms with E-state index in [1.807, 2.05) is 0 Å². The van der Waals surface area contributed by atoms with Crippen molar-refractivity contribution in [1.82, 2.24) is 0 Å². The Morgan fingerprint density at radius 1 is 1.04 bits per heavy atom. The average molecular weight is 448 g/mol. The van der Waals surface area contributed by atoms with Crippen LogP contribution in [0.5, 0.6) is 11.5 Å². The highest BCUT2D eigenvalue weighted by Crippen LogP contribution is 2.35. The Balaban J connectivity index is 1.95. The van der Waals surface area contributed by atoms with Gasteiger partial charge in [0.25, 0.3) is 5.91 Å².